The van der Waals surface area contributed by atoms with Crippen molar-refractivity contribution in [1.82, 2.24) is 0 Å². The van der Waals surface area contributed by atoms with Crippen LogP contribution in [0.3, 0.4) is 0 Å². The molecule has 0 saturated heterocycles. The van der Waals surface area contributed by atoms with Crippen LogP contribution in [-0.2, 0) is 17.6 Å². The van der Waals surface area contributed by atoms with Crippen molar-refractivity contribution in [2.45, 2.75) is 39.2 Å². The summed E-state index contributed by atoms with van der Waals surface area (Å²) in [6, 6.07) is 25.6. The van der Waals surface area contributed by atoms with Crippen molar-refractivity contribution in [3.63, 3.8) is 0 Å². The maximum absolute atomic E-state index is 12.5. The second-order valence-electron chi connectivity index (χ2n) is 7.21. The normalized spacial score (nSPS) is 11.5. The minimum Gasteiger partial charge on any atom is -0.494 e. The Hall–Kier alpha value is -3.27. The molecule has 4 heteroatoms. The molecule has 3 aromatic rings. The predicted molar refractivity (Wildman–Crippen MR) is 121 cm³/mol. The fraction of sp³-hybridized carbons (Fsp3) is 0.269. The summed E-state index contributed by atoms with van der Waals surface area (Å²) in [5, 5.41) is 2.90. The molecule has 3 rings (SSSR count). The van der Waals surface area contributed by atoms with Crippen molar-refractivity contribution in [3.8, 4) is 11.5 Å². The molecule has 0 aromatic heterocycles. The summed E-state index contributed by atoms with van der Waals surface area (Å²) in [5.41, 5.74) is 3.23. The Bertz CT molecular complexity index is 923. The van der Waals surface area contributed by atoms with Gasteiger partial charge in [-0.3, -0.25) is 4.79 Å². The van der Waals surface area contributed by atoms with Crippen LogP contribution in [0.25, 0.3) is 0 Å². The van der Waals surface area contributed by atoms with E-state index < -0.39 is 6.10 Å². The summed E-state index contributed by atoms with van der Waals surface area (Å²) < 4.78 is 11.6. The van der Waals surface area contributed by atoms with E-state index in [-0.39, 0.29) is 5.91 Å². The number of benzene rings is 3. The average Bonchev–Trinajstić information content (AvgIpc) is 2.78. The van der Waals surface area contributed by atoms with Gasteiger partial charge in [-0.2, -0.15) is 0 Å². The Morgan fingerprint density at radius 2 is 1.67 bits per heavy atom. The number of hydrogen-bond acceptors (Lipinski definition) is 3. The lowest BCUT2D eigenvalue weighted by Crippen LogP contribution is -2.30. The first-order valence-electron chi connectivity index (χ1n) is 10.5. The Balaban J connectivity index is 1.46. The zero-order valence-corrected chi connectivity index (χ0v) is 17.6. The molecular weight excluding hydrogens is 374 g/mol. The van der Waals surface area contributed by atoms with Crippen molar-refractivity contribution in [3.05, 3.63) is 90.0 Å². The van der Waals surface area contributed by atoms with Crippen molar-refractivity contribution in [2.24, 2.45) is 0 Å². The number of rotatable bonds is 10. The second kappa shape index (κ2) is 11.1. The van der Waals surface area contributed by atoms with Crippen molar-refractivity contribution in [2.75, 3.05) is 11.9 Å². The summed E-state index contributed by atoms with van der Waals surface area (Å²) in [6.07, 6.45) is 2.28. The fourth-order valence-corrected chi connectivity index (χ4v) is 3.08. The number of nitrogens with one attached hydrogen (secondary N) is 1. The minimum atomic E-state index is -0.604. The molecule has 0 spiro atoms. The quantitative estimate of drug-likeness (QED) is 0.444. The molecule has 4 nitrogen and oxygen atoms in total. The SMILES string of the molecule is CCc1ccc(OC(C)C(=O)Nc2cccc(OCCCc3ccccc3)c2)cc1. The summed E-state index contributed by atoms with van der Waals surface area (Å²) in [6.45, 7) is 4.47. The maximum atomic E-state index is 12.5. The third kappa shape index (κ3) is 6.66. The maximum Gasteiger partial charge on any atom is 0.265 e. The molecule has 3 aromatic carbocycles. The first-order chi connectivity index (χ1) is 14.6. The van der Waals surface area contributed by atoms with Gasteiger partial charge in [0.1, 0.15) is 11.5 Å². The third-order valence-corrected chi connectivity index (χ3v) is 4.84. The Labute approximate surface area is 178 Å². The molecule has 0 radical (unpaired) electrons. The van der Waals surface area contributed by atoms with Gasteiger partial charge in [-0.1, -0.05) is 55.5 Å². The molecule has 30 heavy (non-hydrogen) atoms. The highest BCUT2D eigenvalue weighted by molar-refractivity contribution is 5.94. The van der Waals surface area contributed by atoms with Gasteiger partial charge in [0.2, 0.25) is 0 Å². The van der Waals surface area contributed by atoms with Crippen LogP contribution in [0.5, 0.6) is 11.5 Å². The third-order valence-electron chi connectivity index (χ3n) is 4.84. The summed E-state index contributed by atoms with van der Waals surface area (Å²) >= 11 is 0. The van der Waals surface area contributed by atoms with Crippen molar-refractivity contribution < 1.29 is 14.3 Å². The summed E-state index contributed by atoms with van der Waals surface area (Å²) in [4.78, 5) is 12.5. The lowest BCUT2D eigenvalue weighted by Gasteiger charge is -2.15. The number of aryl methyl sites for hydroxylation is 2. The highest BCUT2D eigenvalue weighted by Crippen LogP contribution is 2.19. The molecular formula is C26H29NO3. The zero-order valence-electron chi connectivity index (χ0n) is 17.6. The number of hydrogen-bond donors (Lipinski definition) is 1. The highest BCUT2D eigenvalue weighted by atomic mass is 16.5. The first-order valence-corrected chi connectivity index (χ1v) is 10.5. The lowest BCUT2D eigenvalue weighted by molar-refractivity contribution is -0.122. The molecule has 0 heterocycles. The van der Waals surface area contributed by atoms with Gasteiger partial charge in [0.05, 0.1) is 6.61 Å². The van der Waals surface area contributed by atoms with Gasteiger partial charge >= 0.3 is 0 Å². The van der Waals surface area contributed by atoms with Crippen LogP contribution in [0.4, 0.5) is 5.69 Å². The monoisotopic (exact) mass is 403 g/mol. The van der Waals surface area contributed by atoms with E-state index in [1.165, 1.54) is 11.1 Å². The number of ether oxygens (including phenoxy) is 2. The molecule has 0 bridgehead atoms. The van der Waals surface area contributed by atoms with Gasteiger partial charge in [-0.15, -0.1) is 0 Å². The smallest absolute Gasteiger partial charge is 0.265 e. The van der Waals surface area contributed by atoms with Gasteiger partial charge in [0.15, 0.2) is 6.10 Å². The van der Waals surface area contributed by atoms with E-state index in [4.69, 9.17) is 9.47 Å². The molecule has 1 unspecified atom stereocenters. The predicted octanol–water partition coefficient (Wildman–Crippen LogP) is 5.67. The molecule has 0 aliphatic carbocycles. The molecule has 1 N–H and O–H groups in total. The first kappa shape index (κ1) is 21.4. The molecule has 0 aliphatic rings. The fourth-order valence-electron chi connectivity index (χ4n) is 3.08. The van der Waals surface area contributed by atoms with E-state index in [0.29, 0.717) is 18.0 Å². The molecule has 156 valence electrons. The zero-order chi connectivity index (χ0) is 21.2. The largest absolute Gasteiger partial charge is 0.494 e. The highest BCUT2D eigenvalue weighted by Gasteiger charge is 2.15. The van der Waals surface area contributed by atoms with E-state index in [1.807, 2.05) is 66.7 Å². The van der Waals surface area contributed by atoms with Gasteiger partial charge in [0.25, 0.3) is 5.91 Å². The van der Waals surface area contributed by atoms with E-state index in [9.17, 15) is 4.79 Å². The molecule has 1 atom stereocenters. The second-order valence-corrected chi connectivity index (χ2v) is 7.21. The van der Waals surface area contributed by atoms with Crippen LogP contribution in [0.2, 0.25) is 0 Å². The molecule has 0 aliphatic heterocycles. The van der Waals surface area contributed by atoms with Crippen LogP contribution in [0.1, 0.15) is 31.4 Å². The minimum absolute atomic E-state index is 0.198. The van der Waals surface area contributed by atoms with Crippen LogP contribution in [-0.4, -0.2) is 18.6 Å². The van der Waals surface area contributed by atoms with Crippen molar-refractivity contribution in [1.29, 1.82) is 0 Å². The van der Waals surface area contributed by atoms with E-state index in [2.05, 4.69) is 24.4 Å². The topological polar surface area (TPSA) is 47.6 Å². The van der Waals surface area contributed by atoms with Gasteiger partial charge in [-0.25, -0.2) is 0 Å². The summed E-state index contributed by atoms with van der Waals surface area (Å²) in [5.74, 6) is 1.23. The Kier molecular flexibility index (Phi) is 7.90. The van der Waals surface area contributed by atoms with Crippen LogP contribution in [0.15, 0.2) is 78.9 Å². The van der Waals surface area contributed by atoms with Gasteiger partial charge in [-0.05, 0) is 61.6 Å². The standard InChI is InChI=1S/C26H29NO3/c1-3-21-14-16-24(17-15-21)30-20(2)26(28)27-23-12-7-13-25(19-23)29-18-8-11-22-9-5-4-6-10-22/h4-7,9-10,12-17,19-20H,3,8,11,18H2,1-2H3,(H,27,28). The van der Waals surface area contributed by atoms with Crippen molar-refractivity contribution >= 4 is 11.6 Å². The van der Waals surface area contributed by atoms with Crippen LogP contribution >= 0.6 is 0 Å². The number of carbonyl (C=O) groups is 1. The Morgan fingerprint density at radius 3 is 2.40 bits per heavy atom. The number of amides is 1. The molecule has 0 saturated carbocycles. The summed E-state index contributed by atoms with van der Waals surface area (Å²) in [7, 11) is 0. The molecule has 0 fully saturated rings. The van der Waals surface area contributed by atoms with Gasteiger partial charge < -0.3 is 14.8 Å². The average molecular weight is 404 g/mol. The molecule has 1 amide bonds. The number of carbonyl (C=O) groups excluding carboxylic acids is 1. The van der Waals surface area contributed by atoms with E-state index in [1.54, 1.807) is 6.92 Å². The van der Waals surface area contributed by atoms with E-state index >= 15 is 0 Å². The van der Waals surface area contributed by atoms with Crippen LogP contribution in [0, 0.1) is 0 Å². The van der Waals surface area contributed by atoms with E-state index in [0.717, 1.165) is 25.0 Å². The Morgan fingerprint density at radius 1 is 0.900 bits per heavy atom. The van der Waals surface area contributed by atoms with Gasteiger partial charge in [0, 0.05) is 11.8 Å². The van der Waals surface area contributed by atoms with Crippen LogP contribution < -0.4 is 14.8 Å². The number of anilines is 1. The lowest BCUT2D eigenvalue weighted by atomic mass is 10.1.